The fraction of sp³-hybridized carbons (Fsp3) is 0.105. The summed E-state index contributed by atoms with van der Waals surface area (Å²) in [6, 6.07) is 11.1. The zero-order chi connectivity index (χ0) is 22.9. The van der Waals surface area contributed by atoms with E-state index in [9.17, 15) is 22.4 Å². The third-order valence-electron chi connectivity index (χ3n) is 4.34. The molecule has 13 heteroatoms. The summed E-state index contributed by atoms with van der Waals surface area (Å²) in [4.78, 5) is 12.7. The number of nitrogens with zero attached hydrogens (tertiary/aromatic N) is 6. The lowest BCUT2D eigenvalue weighted by molar-refractivity contribution is -0.143. The van der Waals surface area contributed by atoms with E-state index in [2.05, 4.69) is 25.9 Å². The number of hydrogen-bond donors (Lipinski definition) is 1. The van der Waals surface area contributed by atoms with Gasteiger partial charge in [0.2, 0.25) is 5.16 Å². The molecule has 32 heavy (non-hydrogen) atoms. The van der Waals surface area contributed by atoms with Crippen LogP contribution < -0.4 is 5.32 Å². The van der Waals surface area contributed by atoms with Crippen LogP contribution in [-0.2, 0) is 6.18 Å². The van der Waals surface area contributed by atoms with Crippen molar-refractivity contribution < 1.29 is 22.4 Å². The van der Waals surface area contributed by atoms with Gasteiger partial charge >= 0.3 is 6.18 Å². The first-order valence-electron chi connectivity index (χ1n) is 8.94. The number of amides is 1. The zero-order valence-electron chi connectivity index (χ0n) is 16.2. The summed E-state index contributed by atoms with van der Waals surface area (Å²) >= 11 is 1.29. The number of thioether (sulfide) groups is 1. The van der Waals surface area contributed by atoms with E-state index in [0.717, 1.165) is 18.3 Å². The van der Waals surface area contributed by atoms with Crippen LogP contribution in [0, 0.1) is 5.82 Å². The van der Waals surface area contributed by atoms with E-state index in [1.165, 1.54) is 40.7 Å². The van der Waals surface area contributed by atoms with Crippen molar-refractivity contribution in [3.63, 3.8) is 0 Å². The molecule has 0 unspecified atom stereocenters. The second-order valence-corrected chi connectivity index (χ2v) is 7.12. The van der Waals surface area contributed by atoms with Gasteiger partial charge in [0.15, 0.2) is 5.69 Å². The van der Waals surface area contributed by atoms with E-state index in [1.807, 2.05) is 0 Å². The Balaban J connectivity index is 1.69. The van der Waals surface area contributed by atoms with E-state index < -0.39 is 34.8 Å². The van der Waals surface area contributed by atoms with Crippen molar-refractivity contribution >= 4 is 23.4 Å². The molecule has 0 aliphatic carbocycles. The lowest BCUT2D eigenvalue weighted by Crippen LogP contribution is -2.21. The molecule has 0 radical (unpaired) electrons. The molecule has 0 atom stereocenters. The average molecular weight is 463 g/mol. The highest BCUT2D eigenvalue weighted by atomic mass is 32.2. The van der Waals surface area contributed by atoms with E-state index in [4.69, 9.17) is 0 Å². The van der Waals surface area contributed by atoms with Crippen LogP contribution in [-0.4, -0.2) is 42.2 Å². The van der Waals surface area contributed by atoms with Gasteiger partial charge in [0.05, 0.1) is 17.4 Å². The molecule has 1 N–H and O–H groups in total. The SMILES string of the molecule is CSc1nnnn1-c1cccc(NC(=O)c2cnn(-c3ccccc3F)c2C(F)(F)F)c1. The van der Waals surface area contributed by atoms with Crippen LogP contribution in [0.15, 0.2) is 59.9 Å². The Hall–Kier alpha value is -3.74. The molecule has 4 aromatic rings. The number of aromatic nitrogens is 6. The number of benzene rings is 2. The topological polar surface area (TPSA) is 90.5 Å². The molecule has 2 aromatic heterocycles. The Morgan fingerprint density at radius 2 is 1.88 bits per heavy atom. The molecule has 8 nitrogen and oxygen atoms in total. The maximum absolute atomic E-state index is 14.1. The smallest absolute Gasteiger partial charge is 0.322 e. The Bertz CT molecular complexity index is 1280. The minimum atomic E-state index is -4.97. The Kier molecular flexibility index (Phi) is 5.65. The number of para-hydroxylation sites is 1. The molecule has 0 saturated carbocycles. The maximum atomic E-state index is 14.1. The Morgan fingerprint density at radius 1 is 1.09 bits per heavy atom. The first-order chi connectivity index (χ1) is 15.3. The van der Waals surface area contributed by atoms with Gasteiger partial charge in [-0.25, -0.2) is 9.07 Å². The third-order valence-corrected chi connectivity index (χ3v) is 4.95. The van der Waals surface area contributed by atoms with Crippen LogP contribution in [0.25, 0.3) is 11.4 Å². The standard InChI is InChI=1S/C19H13F4N7OS/c1-32-18-26-27-28-29(18)12-6-4-5-11(9-12)25-17(31)13-10-24-30(16(13)19(21,22)23)15-8-3-2-7-14(15)20/h2-10H,1H3,(H,25,31). The lowest BCUT2D eigenvalue weighted by Gasteiger charge is -2.13. The van der Waals surface area contributed by atoms with Crippen molar-refractivity contribution in [3.05, 3.63) is 71.8 Å². The molecule has 0 fully saturated rings. The number of anilines is 1. The second kappa shape index (κ2) is 8.42. The summed E-state index contributed by atoms with van der Waals surface area (Å²) in [5.74, 6) is -1.97. The predicted octanol–water partition coefficient (Wildman–Crippen LogP) is 3.98. The first-order valence-corrected chi connectivity index (χ1v) is 10.2. The van der Waals surface area contributed by atoms with Crippen molar-refractivity contribution in [2.45, 2.75) is 11.3 Å². The summed E-state index contributed by atoms with van der Waals surface area (Å²) in [5, 5.41) is 17.8. The molecule has 2 heterocycles. The first kappa shape index (κ1) is 21.5. The fourth-order valence-electron chi connectivity index (χ4n) is 2.98. The lowest BCUT2D eigenvalue weighted by atomic mass is 10.2. The molecule has 0 aliphatic rings. The number of rotatable bonds is 5. The van der Waals surface area contributed by atoms with Crippen molar-refractivity contribution in [2.24, 2.45) is 0 Å². The fourth-order valence-corrected chi connectivity index (χ4v) is 3.41. The molecular weight excluding hydrogens is 450 g/mol. The van der Waals surface area contributed by atoms with E-state index in [0.29, 0.717) is 15.5 Å². The molecular formula is C19H13F4N7OS. The van der Waals surface area contributed by atoms with Crippen molar-refractivity contribution in [3.8, 4) is 11.4 Å². The average Bonchev–Trinajstić information content (AvgIpc) is 3.41. The van der Waals surface area contributed by atoms with Gasteiger partial charge in [0.25, 0.3) is 5.91 Å². The van der Waals surface area contributed by atoms with Gasteiger partial charge in [-0.2, -0.15) is 23.0 Å². The van der Waals surface area contributed by atoms with Crippen LogP contribution in [0.5, 0.6) is 0 Å². The van der Waals surface area contributed by atoms with E-state index in [-0.39, 0.29) is 5.69 Å². The zero-order valence-corrected chi connectivity index (χ0v) is 17.0. The summed E-state index contributed by atoms with van der Waals surface area (Å²) in [7, 11) is 0. The maximum Gasteiger partial charge on any atom is 0.434 e. The molecule has 1 amide bonds. The molecule has 0 spiro atoms. The van der Waals surface area contributed by atoms with Crippen LogP contribution in [0.2, 0.25) is 0 Å². The summed E-state index contributed by atoms with van der Waals surface area (Å²) in [6.07, 6.45) is -2.44. The van der Waals surface area contributed by atoms with Gasteiger partial charge < -0.3 is 5.32 Å². The number of carbonyl (C=O) groups is 1. The van der Waals surface area contributed by atoms with Crippen LogP contribution in [0.4, 0.5) is 23.2 Å². The Labute approximate surface area is 182 Å². The van der Waals surface area contributed by atoms with Crippen LogP contribution in [0.3, 0.4) is 0 Å². The highest BCUT2D eigenvalue weighted by Gasteiger charge is 2.41. The number of carbonyl (C=O) groups excluding carboxylic acids is 1. The number of hydrogen-bond acceptors (Lipinski definition) is 6. The van der Waals surface area contributed by atoms with Gasteiger partial charge in [-0.15, -0.1) is 5.10 Å². The highest BCUT2D eigenvalue weighted by molar-refractivity contribution is 7.98. The highest BCUT2D eigenvalue weighted by Crippen LogP contribution is 2.34. The minimum absolute atomic E-state index is 0.210. The monoisotopic (exact) mass is 463 g/mol. The van der Waals surface area contributed by atoms with Gasteiger partial charge in [0, 0.05) is 5.69 Å². The molecule has 164 valence electrons. The normalized spacial score (nSPS) is 11.5. The summed E-state index contributed by atoms with van der Waals surface area (Å²) in [5.41, 5.74) is -1.86. The number of halogens is 4. The van der Waals surface area contributed by atoms with Gasteiger partial charge in [0.1, 0.15) is 11.5 Å². The van der Waals surface area contributed by atoms with Crippen molar-refractivity contribution in [1.29, 1.82) is 0 Å². The predicted molar refractivity (Wildman–Crippen MR) is 107 cm³/mol. The van der Waals surface area contributed by atoms with Crippen LogP contribution >= 0.6 is 11.8 Å². The molecule has 0 bridgehead atoms. The van der Waals surface area contributed by atoms with Gasteiger partial charge in [-0.05, 0) is 47.0 Å². The summed E-state index contributed by atoms with van der Waals surface area (Å²) < 4.78 is 57.3. The molecule has 4 rings (SSSR count). The number of nitrogens with one attached hydrogen (secondary N) is 1. The number of alkyl halides is 3. The molecule has 0 saturated heterocycles. The second-order valence-electron chi connectivity index (χ2n) is 6.35. The quantitative estimate of drug-likeness (QED) is 0.356. The molecule has 2 aromatic carbocycles. The summed E-state index contributed by atoms with van der Waals surface area (Å²) in [6.45, 7) is 0. The van der Waals surface area contributed by atoms with Crippen molar-refractivity contribution in [1.82, 2.24) is 30.0 Å². The van der Waals surface area contributed by atoms with Crippen molar-refractivity contribution in [2.75, 3.05) is 11.6 Å². The Morgan fingerprint density at radius 3 is 2.59 bits per heavy atom. The van der Waals surface area contributed by atoms with E-state index in [1.54, 1.807) is 18.4 Å². The van der Waals surface area contributed by atoms with E-state index >= 15 is 0 Å². The molecule has 0 aliphatic heterocycles. The van der Waals surface area contributed by atoms with Gasteiger partial charge in [-0.1, -0.05) is 30.0 Å². The number of tetrazole rings is 1. The third kappa shape index (κ3) is 4.06. The van der Waals surface area contributed by atoms with Crippen LogP contribution in [0.1, 0.15) is 16.1 Å². The van der Waals surface area contributed by atoms with Gasteiger partial charge in [-0.3, -0.25) is 4.79 Å². The largest absolute Gasteiger partial charge is 0.434 e. The minimum Gasteiger partial charge on any atom is -0.322 e.